The van der Waals surface area contributed by atoms with E-state index in [1.54, 1.807) is 7.11 Å². The highest BCUT2D eigenvalue weighted by Crippen LogP contribution is 2.42. The van der Waals surface area contributed by atoms with Crippen LogP contribution in [0.1, 0.15) is 33.1 Å². The zero-order chi connectivity index (χ0) is 10.6. The molecule has 1 heterocycles. The van der Waals surface area contributed by atoms with E-state index < -0.39 is 0 Å². The van der Waals surface area contributed by atoms with E-state index in [2.05, 4.69) is 13.8 Å². The van der Waals surface area contributed by atoms with Crippen molar-refractivity contribution >= 4 is 11.8 Å². The summed E-state index contributed by atoms with van der Waals surface area (Å²) in [6.07, 6.45) is 3.68. The second-order valence-corrected chi connectivity index (χ2v) is 6.18. The molecular weight excluding hydrogens is 194 g/mol. The Hall–Kier alpha value is 0.270. The minimum atomic E-state index is 0.310. The highest BCUT2D eigenvalue weighted by molar-refractivity contribution is 8.00. The number of methoxy groups -OCH3 is 1. The third-order valence-corrected chi connectivity index (χ3v) is 4.97. The summed E-state index contributed by atoms with van der Waals surface area (Å²) >= 11 is 2.05. The average molecular weight is 217 g/mol. The first kappa shape index (κ1) is 12.3. The predicted octanol–water partition coefficient (Wildman–Crippen LogP) is 2.27. The van der Waals surface area contributed by atoms with E-state index in [1.807, 2.05) is 11.8 Å². The molecule has 2 N–H and O–H groups in total. The number of thioether (sulfide) groups is 1. The number of hydrogen-bond acceptors (Lipinski definition) is 3. The Bertz CT molecular complexity index is 169. The van der Waals surface area contributed by atoms with Gasteiger partial charge in [-0.25, -0.2) is 0 Å². The van der Waals surface area contributed by atoms with Gasteiger partial charge in [0.25, 0.3) is 0 Å². The molecule has 0 aromatic heterocycles. The van der Waals surface area contributed by atoms with Crippen LogP contribution in [0.4, 0.5) is 0 Å². The standard InChI is InChI=1S/C11H23NOS/c1-9(5-7-13-3)10(12)11(2)6-4-8-14-11/h9-10H,4-8,12H2,1-3H3. The quantitative estimate of drug-likeness (QED) is 0.767. The third-order valence-electron chi connectivity index (χ3n) is 3.34. The zero-order valence-corrected chi connectivity index (χ0v) is 10.4. The molecule has 0 bridgehead atoms. The number of hydrogen-bond donors (Lipinski definition) is 1. The van der Waals surface area contributed by atoms with Crippen LogP contribution in [0, 0.1) is 5.92 Å². The molecule has 0 aromatic carbocycles. The Morgan fingerprint density at radius 2 is 2.29 bits per heavy atom. The lowest BCUT2D eigenvalue weighted by Crippen LogP contribution is -2.46. The predicted molar refractivity (Wildman–Crippen MR) is 63.7 cm³/mol. The van der Waals surface area contributed by atoms with Gasteiger partial charge in [0.1, 0.15) is 0 Å². The van der Waals surface area contributed by atoms with Gasteiger partial charge in [-0.15, -0.1) is 0 Å². The molecule has 3 atom stereocenters. The van der Waals surface area contributed by atoms with E-state index in [-0.39, 0.29) is 0 Å². The second-order valence-electron chi connectivity index (χ2n) is 4.55. The molecule has 1 saturated heterocycles. The van der Waals surface area contributed by atoms with Crippen molar-refractivity contribution in [2.75, 3.05) is 19.5 Å². The van der Waals surface area contributed by atoms with Crippen molar-refractivity contribution in [2.45, 2.75) is 43.9 Å². The summed E-state index contributed by atoms with van der Waals surface area (Å²) in [5.41, 5.74) is 6.32. The molecular formula is C11H23NOS. The molecule has 2 nitrogen and oxygen atoms in total. The summed E-state index contributed by atoms with van der Waals surface area (Å²) in [7, 11) is 1.75. The summed E-state index contributed by atoms with van der Waals surface area (Å²) in [5.74, 6) is 1.84. The van der Waals surface area contributed by atoms with E-state index in [1.165, 1.54) is 18.6 Å². The molecule has 0 radical (unpaired) electrons. The lowest BCUT2D eigenvalue weighted by molar-refractivity contribution is 0.170. The van der Waals surface area contributed by atoms with Crippen LogP contribution in [-0.4, -0.2) is 30.3 Å². The molecule has 1 aliphatic rings. The maximum Gasteiger partial charge on any atom is 0.0465 e. The molecule has 3 unspecified atom stereocenters. The monoisotopic (exact) mass is 217 g/mol. The van der Waals surface area contributed by atoms with Crippen molar-refractivity contribution in [1.29, 1.82) is 0 Å². The molecule has 0 aliphatic carbocycles. The Morgan fingerprint density at radius 3 is 2.79 bits per heavy atom. The van der Waals surface area contributed by atoms with E-state index in [0.717, 1.165) is 13.0 Å². The molecule has 84 valence electrons. The van der Waals surface area contributed by atoms with Crippen molar-refractivity contribution in [2.24, 2.45) is 11.7 Å². The Labute approximate surface area is 92.0 Å². The summed E-state index contributed by atoms with van der Waals surface area (Å²) in [6.45, 7) is 5.39. The molecule has 0 saturated carbocycles. The van der Waals surface area contributed by atoms with Crippen LogP contribution in [0.15, 0.2) is 0 Å². The van der Waals surface area contributed by atoms with Crippen LogP contribution in [0.25, 0.3) is 0 Å². The van der Waals surface area contributed by atoms with Crippen molar-refractivity contribution in [3.8, 4) is 0 Å². The molecule has 1 aliphatic heterocycles. The first-order valence-corrected chi connectivity index (χ1v) is 6.47. The van der Waals surface area contributed by atoms with Gasteiger partial charge in [0.2, 0.25) is 0 Å². The normalized spacial score (nSPS) is 31.7. The minimum absolute atomic E-state index is 0.310. The summed E-state index contributed by atoms with van der Waals surface area (Å²) < 4.78 is 5.41. The molecule has 14 heavy (non-hydrogen) atoms. The van der Waals surface area contributed by atoms with Gasteiger partial charge in [-0.2, -0.15) is 11.8 Å². The fourth-order valence-electron chi connectivity index (χ4n) is 2.15. The lowest BCUT2D eigenvalue weighted by Gasteiger charge is -2.34. The van der Waals surface area contributed by atoms with E-state index in [4.69, 9.17) is 10.5 Å². The maximum absolute atomic E-state index is 6.32. The number of rotatable bonds is 5. The van der Waals surface area contributed by atoms with Gasteiger partial charge < -0.3 is 10.5 Å². The number of nitrogens with two attached hydrogens (primary N) is 1. The van der Waals surface area contributed by atoms with E-state index in [9.17, 15) is 0 Å². The molecule has 1 rings (SSSR count). The van der Waals surface area contributed by atoms with Crippen molar-refractivity contribution in [1.82, 2.24) is 0 Å². The van der Waals surface area contributed by atoms with Gasteiger partial charge in [0, 0.05) is 24.5 Å². The summed E-state index contributed by atoms with van der Waals surface area (Å²) in [4.78, 5) is 0. The van der Waals surface area contributed by atoms with Gasteiger partial charge in [-0.3, -0.25) is 0 Å². The van der Waals surface area contributed by atoms with Gasteiger partial charge in [-0.1, -0.05) is 6.92 Å². The van der Waals surface area contributed by atoms with Crippen LogP contribution in [0.3, 0.4) is 0 Å². The number of ether oxygens (including phenoxy) is 1. The maximum atomic E-state index is 6.32. The Kier molecular flexibility index (Phi) is 4.74. The fraction of sp³-hybridized carbons (Fsp3) is 1.00. The molecule has 3 heteroatoms. The lowest BCUT2D eigenvalue weighted by atomic mass is 9.86. The first-order valence-electron chi connectivity index (χ1n) is 5.48. The van der Waals surface area contributed by atoms with Crippen molar-refractivity contribution in [3.05, 3.63) is 0 Å². The third kappa shape index (κ3) is 2.88. The SMILES string of the molecule is COCCC(C)C(N)C1(C)CCCS1. The zero-order valence-electron chi connectivity index (χ0n) is 9.58. The molecule has 0 spiro atoms. The van der Waals surface area contributed by atoms with E-state index in [0.29, 0.717) is 16.7 Å². The highest BCUT2D eigenvalue weighted by atomic mass is 32.2. The van der Waals surface area contributed by atoms with Crippen LogP contribution in [-0.2, 0) is 4.74 Å². The topological polar surface area (TPSA) is 35.2 Å². The smallest absolute Gasteiger partial charge is 0.0465 e. The van der Waals surface area contributed by atoms with Crippen LogP contribution >= 0.6 is 11.8 Å². The Morgan fingerprint density at radius 1 is 1.57 bits per heavy atom. The van der Waals surface area contributed by atoms with Crippen LogP contribution in [0.2, 0.25) is 0 Å². The van der Waals surface area contributed by atoms with Crippen LogP contribution in [0.5, 0.6) is 0 Å². The molecule has 1 fully saturated rings. The highest BCUT2D eigenvalue weighted by Gasteiger charge is 2.37. The molecule has 0 amide bonds. The second kappa shape index (κ2) is 5.38. The van der Waals surface area contributed by atoms with E-state index >= 15 is 0 Å². The summed E-state index contributed by atoms with van der Waals surface area (Å²) in [6, 6.07) is 0.310. The average Bonchev–Trinajstić information content (AvgIpc) is 2.61. The largest absolute Gasteiger partial charge is 0.385 e. The fourth-order valence-corrected chi connectivity index (χ4v) is 3.62. The molecule has 0 aromatic rings. The van der Waals surface area contributed by atoms with Crippen molar-refractivity contribution in [3.63, 3.8) is 0 Å². The minimum Gasteiger partial charge on any atom is -0.385 e. The first-order chi connectivity index (χ1) is 6.60. The van der Waals surface area contributed by atoms with Gasteiger partial charge in [-0.05, 0) is 37.9 Å². The Balaban J connectivity index is 2.41. The van der Waals surface area contributed by atoms with Crippen LogP contribution < -0.4 is 5.73 Å². The van der Waals surface area contributed by atoms with Gasteiger partial charge in [0.15, 0.2) is 0 Å². The van der Waals surface area contributed by atoms with Crippen molar-refractivity contribution < 1.29 is 4.74 Å². The summed E-state index contributed by atoms with van der Waals surface area (Å²) in [5, 5.41) is 0. The van der Waals surface area contributed by atoms with Gasteiger partial charge >= 0.3 is 0 Å². The van der Waals surface area contributed by atoms with Gasteiger partial charge in [0.05, 0.1) is 0 Å².